The van der Waals surface area contributed by atoms with Crippen LogP contribution in [-0.2, 0) is 25.7 Å². The van der Waals surface area contributed by atoms with E-state index in [1.165, 1.54) is 167 Å². The molecule has 490 valence electrons. The molecule has 18 rings (SSSR count). The number of aromatic nitrogens is 8. The Labute approximate surface area is 568 Å². The summed E-state index contributed by atoms with van der Waals surface area (Å²) in [5.74, 6) is 1.05. The summed E-state index contributed by atoms with van der Waals surface area (Å²) in [4.78, 5) is 38.8. The first kappa shape index (κ1) is 62.4. The highest BCUT2D eigenvalue weighted by atomic mass is 14.8. The zero-order chi connectivity index (χ0) is 65.9. The third kappa shape index (κ3) is 10.0. The number of fused-ring (bicyclic) bond motifs is 18. The Morgan fingerprint density at radius 3 is 0.781 bits per heavy atom. The fraction of sp³-hybridized carbons (Fsp3) is 0.409. The van der Waals surface area contributed by atoms with Gasteiger partial charge in [0, 0.05) is 67.8 Å². The minimum atomic E-state index is 0.248. The van der Waals surface area contributed by atoms with Crippen LogP contribution in [0.2, 0.25) is 0 Å². The summed E-state index contributed by atoms with van der Waals surface area (Å²) < 4.78 is 0. The fourth-order valence-corrected chi connectivity index (χ4v) is 19.0. The van der Waals surface area contributed by atoms with E-state index in [0.29, 0.717) is 0 Å². The molecule has 10 heterocycles. The molecule has 4 N–H and O–H groups in total. The molecule has 0 saturated carbocycles. The third-order valence-electron chi connectivity index (χ3n) is 24.1. The molecule has 0 amide bonds. The van der Waals surface area contributed by atoms with Crippen molar-refractivity contribution in [2.24, 2.45) is 0 Å². The monoisotopic (exact) mass is 1270 g/mol. The van der Waals surface area contributed by atoms with Crippen LogP contribution >= 0.6 is 0 Å². The van der Waals surface area contributed by atoms with Gasteiger partial charge in [0.05, 0.1) is 45.6 Å². The van der Waals surface area contributed by atoms with Crippen LogP contribution in [0.1, 0.15) is 322 Å². The number of hydrogen-bond donors (Lipinski definition) is 4. The second-order valence-corrected chi connectivity index (χ2v) is 29.4. The van der Waals surface area contributed by atoms with Crippen LogP contribution in [0.15, 0.2) is 84.9 Å². The number of hydrogen-bond acceptors (Lipinski definition) is 4. The molecule has 0 saturated heterocycles. The number of nitrogens with one attached hydrogen (secondary N) is 4. The topological polar surface area (TPSA) is 115 Å². The second-order valence-electron chi connectivity index (χ2n) is 29.4. The Morgan fingerprint density at radius 2 is 0.531 bits per heavy atom. The van der Waals surface area contributed by atoms with E-state index < -0.39 is 0 Å². The highest BCUT2D eigenvalue weighted by molar-refractivity contribution is 5.98. The van der Waals surface area contributed by atoms with E-state index in [-0.39, 0.29) is 23.7 Å². The van der Waals surface area contributed by atoms with Gasteiger partial charge in [-0.2, -0.15) is 0 Å². The number of nitrogens with zero attached hydrogens (tertiary/aromatic N) is 4. The molecule has 6 aliphatic carbocycles. The Balaban J connectivity index is 0.850. The number of benzene rings is 2. The minimum Gasteiger partial charge on any atom is -0.355 e. The minimum absolute atomic E-state index is 0.248. The first-order valence-corrected chi connectivity index (χ1v) is 37.6. The van der Waals surface area contributed by atoms with E-state index in [4.69, 9.17) is 19.9 Å². The van der Waals surface area contributed by atoms with E-state index in [1.54, 1.807) is 0 Å². The van der Waals surface area contributed by atoms with Crippen molar-refractivity contribution < 1.29 is 0 Å². The Bertz CT molecular complexity index is 4750. The second kappa shape index (κ2) is 24.9. The van der Waals surface area contributed by atoms with Crippen LogP contribution in [0.5, 0.6) is 0 Å². The summed E-state index contributed by atoms with van der Waals surface area (Å²) in [5, 5.41) is 0. The standard InChI is InChI=1S/C88H98N8/c1-13-21-25-57-47(9)69-39-81-85-63-33-35-65(87(85)83(95-81)41-71-49(11)59(27-23-15-3)79(91-71)45-75-55(19-7)53(17-5)73(93-75)43-77(57)89-69)67-37-51(29-31-61(63)67)52-30-32-62-64-34-36-66(68(62)38-52)88-84-42-72-50(12)60(28-24-16-4)80(92-72)46-76-56(20-8)54(18-6)74(94-76)44-78-58(26-22-14-2)48(10)70(90-78)40-82(96-84)86(64)88/h29-32,37-46,63-66,93-96H,13-28,33-36H2,1-12H3. The maximum absolute atomic E-state index is 5.64. The van der Waals surface area contributed by atoms with Crippen molar-refractivity contribution in [2.45, 2.75) is 235 Å². The van der Waals surface area contributed by atoms with Gasteiger partial charge >= 0.3 is 0 Å². The Morgan fingerprint density at radius 1 is 0.292 bits per heavy atom. The zero-order valence-corrected chi connectivity index (χ0v) is 59.3. The Hall–Kier alpha value is -8.36. The van der Waals surface area contributed by atoms with Gasteiger partial charge in [0.1, 0.15) is 0 Å². The van der Waals surface area contributed by atoms with Crippen LogP contribution in [0, 0.1) is 0 Å². The summed E-state index contributed by atoms with van der Waals surface area (Å²) in [5.41, 5.74) is 49.1. The number of aryl methyl sites for hydroxylation is 4. The van der Waals surface area contributed by atoms with Gasteiger partial charge in [-0.1, -0.05) is 117 Å². The lowest BCUT2D eigenvalue weighted by molar-refractivity contribution is 0.527. The normalized spacial score (nSPS) is 18.3. The van der Waals surface area contributed by atoms with Crippen molar-refractivity contribution in [3.05, 3.63) is 197 Å². The largest absolute Gasteiger partial charge is 0.355 e. The van der Waals surface area contributed by atoms with E-state index in [9.17, 15) is 0 Å². The van der Waals surface area contributed by atoms with Gasteiger partial charge in [-0.3, -0.25) is 0 Å². The lowest BCUT2D eigenvalue weighted by Gasteiger charge is -2.40. The number of unbranched alkanes of at least 4 members (excludes halogenated alkanes) is 4. The Kier molecular flexibility index (Phi) is 16.2. The van der Waals surface area contributed by atoms with E-state index in [1.807, 2.05) is 0 Å². The average molecular weight is 1270 g/mol. The molecule has 96 heavy (non-hydrogen) atoms. The highest BCUT2D eigenvalue weighted by Gasteiger charge is 2.43. The van der Waals surface area contributed by atoms with Crippen LogP contribution < -0.4 is 0 Å². The van der Waals surface area contributed by atoms with Crippen molar-refractivity contribution in [1.82, 2.24) is 39.9 Å². The van der Waals surface area contributed by atoms with E-state index in [2.05, 4.69) is 188 Å². The van der Waals surface area contributed by atoms with Gasteiger partial charge in [0.2, 0.25) is 0 Å². The summed E-state index contributed by atoms with van der Waals surface area (Å²) >= 11 is 0. The van der Waals surface area contributed by atoms with Gasteiger partial charge in [-0.15, -0.1) is 0 Å². The van der Waals surface area contributed by atoms with E-state index >= 15 is 0 Å². The molecule has 4 atom stereocenters. The van der Waals surface area contributed by atoms with Crippen molar-refractivity contribution >= 4 is 88.7 Å². The van der Waals surface area contributed by atoms with Crippen molar-refractivity contribution in [3.8, 4) is 11.1 Å². The lowest BCUT2D eigenvalue weighted by Crippen LogP contribution is -2.24. The quantitative estimate of drug-likeness (QED) is 0.0727. The van der Waals surface area contributed by atoms with Crippen molar-refractivity contribution in [2.75, 3.05) is 0 Å². The molecule has 20 bridgehead atoms. The summed E-state index contributed by atoms with van der Waals surface area (Å²) in [6, 6.07) is 34.4. The molecule has 8 nitrogen and oxygen atoms in total. The van der Waals surface area contributed by atoms with Gasteiger partial charge in [0.15, 0.2) is 0 Å². The first-order valence-electron chi connectivity index (χ1n) is 37.6. The number of rotatable bonds is 17. The predicted octanol–water partition coefficient (Wildman–Crippen LogP) is 24.1. The van der Waals surface area contributed by atoms with Crippen LogP contribution in [0.25, 0.3) is 99.8 Å². The molecule has 0 spiro atoms. The van der Waals surface area contributed by atoms with Crippen molar-refractivity contribution in [3.63, 3.8) is 0 Å². The molecular weight excluding hydrogens is 1170 g/mol. The average Bonchev–Trinajstić information content (AvgIpc) is 1.40. The maximum atomic E-state index is 5.64. The highest BCUT2D eigenvalue weighted by Crippen LogP contribution is 2.59. The first-order chi connectivity index (χ1) is 46.9. The molecule has 2 aromatic carbocycles. The van der Waals surface area contributed by atoms with E-state index in [0.717, 1.165) is 174 Å². The molecule has 4 aliphatic heterocycles. The molecule has 6 aromatic heterocycles. The summed E-state index contributed by atoms with van der Waals surface area (Å²) in [6.45, 7) is 27.8. The molecule has 0 fully saturated rings. The maximum Gasteiger partial charge on any atom is 0.0693 e. The van der Waals surface area contributed by atoms with Crippen LogP contribution in [-0.4, -0.2) is 39.9 Å². The fourth-order valence-electron chi connectivity index (χ4n) is 19.0. The number of aromatic amines is 4. The third-order valence-corrected chi connectivity index (χ3v) is 24.1. The molecule has 8 aromatic rings. The van der Waals surface area contributed by atoms with Gasteiger partial charge < -0.3 is 19.9 Å². The van der Waals surface area contributed by atoms with Gasteiger partial charge in [-0.05, 0) is 301 Å². The SMILES string of the molecule is CCCCC1=C(C)c2cc3[nH]c(cc4nc(cc5[nH]c(cc1n2)c(CC)c5CC)C(CCCC)=C4C)c1c3C2CCC1c1cc(-c3ccc4c(c3)C3CCC4c4c3c3cc5nc(cc6[nH]c(cc7nc(cc4[nH]3)C(C)=C7CCCC)c(CC)c6CC)C(CCCC)=C5C)ccc12. The molecule has 10 aliphatic rings. The molecule has 8 heteroatoms. The van der Waals surface area contributed by atoms with Crippen LogP contribution in [0.4, 0.5) is 0 Å². The van der Waals surface area contributed by atoms with Gasteiger partial charge in [-0.25, -0.2) is 19.9 Å². The predicted molar refractivity (Wildman–Crippen MR) is 405 cm³/mol. The summed E-state index contributed by atoms with van der Waals surface area (Å²) in [7, 11) is 0. The molecule has 4 unspecified atom stereocenters. The lowest BCUT2D eigenvalue weighted by atomic mass is 9.63. The number of H-pyrrole nitrogens is 4. The summed E-state index contributed by atoms with van der Waals surface area (Å²) in [6.07, 6.45) is 21.5. The number of allylic oxidation sites excluding steroid dienone is 8. The smallest absolute Gasteiger partial charge is 0.0693 e. The molecular formula is C88H98N8. The molecule has 0 radical (unpaired) electrons. The van der Waals surface area contributed by atoms with Crippen LogP contribution in [0.3, 0.4) is 0 Å². The van der Waals surface area contributed by atoms with Crippen molar-refractivity contribution in [1.29, 1.82) is 0 Å². The van der Waals surface area contributed by atoms with Gasteiger partial charge in [0.25, 0.3) is 0 Å². The zero-order valence-electron chi connectivity index (χ0n) is 59.3.